The first-order valence-corrected chi connectivity index (χ1v) is 9.05. The third-order valence-electron chi connectivity index (χ3n) is 3.61. The number of hydrogen-bond donors (Lipinski definition) is 2. The van der Waals surface area contributed by atoms with E-state index in [0.717, 1.165) is 37.3 Å². The van der Waals surface area contributed by atoms with E-state index in [4.69, 9.17) is 0 Å². The lowest BCUT2D eigenvalue weighted by atomic mass is 10.1. The predicted molar refractivity (Wildman–Crippen MR) is 79.7 cm³/mol. The molecule has 1 fully saturated rings. The van der Waals surface area contributed by atoms with Gasteiger partial charge in [0.25, 0.3) is 10.0 Å². The summed E-state index contributed by atoms with van der Waals surface area (Å²) >= 11 is 0.743. The van der Waals surface area contributed by atoms with Crippen molar-refractivity contribution in [2.75, 3.05) is 13.1 Å². The molecule has 114 valence electrons. The molecule has 1 aliphatic heterocycles. The summed E-state index contributed by atoms with van der Waals surface area (Å²) in [5.74, 6) is 0. The highest BCUT2D eigenvalue weighted by Gasteiger charge is 2.27. The van der Waals surface area contributed by atoms with E-state index in [1.54, 1.807) is 6.92 Å². The Hall–Kier alpha value is -0.700. The maximum absolute atomic E-state index is 12.3. The lowest BCUT2D eigenvalue weighted by molar-refractivity contribution is 0.168. The van der Waals surface area contributed by atoms with Crippen LogP contribution in [0.1, 0.15) is 32.4 Å². The molecule has 1 aliphatic rings. The van der Waals surface area contributed by atoms with E-state index in [1.165, 1.54) is 0 Å². The molecule has 2 N–H and O–H groups in total. The van der Waals surface area contributed by atoms with Crippen molar-refractivity contribution in [2.45, 2.75) is 49.9 Å². The molecule has 2 heterocycles. The van der Waals surface area contributed by atoms with Crippen molar-refractivity contribution in [3.05, 3.63) is 15.4 Å². The van der Waals surface area contributed by atoms with E-state index < -0.39 is 10.0 Å². The molecule has 0 aromatic carbocycles. The molecule has 1 aromatic rings. The van der Waals surface area contributed by atoms with E-state index in [2.05, 4.69) is 28.5 Å². The Labute approximate surface area is 123 Å². The minimum atomic E-state index is -3.59. The number of thiazole rings is 1. The zero-order valence-electron chi connectivity index (χ0n) is 12.0. The number of aromatic amines is 1. The topological polar surface area (TPSA) is 82.3 Å². The molecule has 6 nitrogen and oxygen atoms in total. The maximum atomic E-state index is 12.3. The summed E-state index contributed by atoms with van der Waals surface area (Å²) in [7, 11) is -3.59. The first kappa shape index (κ1) is 15.7. The minimum absolute atomic E-state index is 0.0494. The van der Waals surface area contributed by atoms with E-state index in [9.17, 15) is 13.2 Å². The van der Waals surface area contributed by atoms with Crippen LogP contribution in [0.3, 0.4) is 0 Å². The highest BCUT2D eigenvalue weighted by atomic mass is 32.2. The molecular formula is C12H21N3O3S2. The van der Waals surface area contributed by atoms with Gasteiger partial charge in [-0.05, 0) is 46.7 Å². The number of H-pyrrole nitrogens is 1. The third-order valence-corrected chi connectivity index (χ3v) is 6.73. The fraction of sp³-hybridized carbons (Fsp3) is 0.750. The Kier molecular flexibility index (Phi) is 4.68. The molecule has 1 aromatic heterocycles. The van der Waals surface area contributed by atoms with Crippen LogP contribution in [-0.2, 0) is 10.0 Å². The van der Waals surface area contributed by atoms with Gasteiger partial charge in [0.05, 0.1) is 0 Å². The number of sulfonamides is 1. The summed E-state index contributed by atoms with van der Waals surface area (Å²) in [5.41, 5.74) is 0.409. The monoisotopic (exact) mass is 319 g/mol. The Balaban J connectivity index is 2.04. The number of piperidine rings is 1. The van der Waals surface area contributed by atoms with E-state index in [0.29, 0.717) is 11.7 Å². The molecule has 0 aliphatic carbocycles. The summed E-state index contributed by atoms with van der Waals surface area (Å²) in [5, 5.41) is 0. The summed E-state index contributed by atoms with van der Waals surface area (Å²) in [6.45, 7) is 7.69. The number of likely N-dealkylation sites (tertiary alicyclic amines) is 1. The van der Waals surface area contributed by atoms with Gasteiger partial charge in [0, 0.05) is 17.8 Å². The van der Waals surface area contributed by atoms with Crippen LogP contribution in [0.5, 0.6) is 0 Å². The number of rotatable bonds is 4. The number of nitrogens with one attached hydrogen (secondary N) is 2. The highest BCUT2D eigenvalue weighted by molar-refractivity contribution is 7.91. The number of hydrogen-bond acceptors (Lipinski definition) is 5. The molecule has 0 unspecified atom stereocenters. The van der Waals surface area contributed by atoms with Crippen LogP contribution in [0.2, 0.25) is 0 Å². The van der Waals surface area contributed by atoms with E-state index >= 15 is 0 Å². The SMILES string of the molecule is Cc1[nH]c(=O)sc1S(=O)(=O)NC1CCN(C(C)C)CC1. The lowest BCUT2D eigenvalue weighted by Crippen LogP contribution is -2.46. The molecule has 0 atom stereocenters. The average molecular weight is 319 g/mol. The van der Waals surface area contributed by atoms with Crippen molar-refractivity contribution < 1.29 is 8.42 Å². The van der Waals surface area contributed by atoms with Crippen LogP contribution < -0.4 is 9.60 Å². The van der Waals surface area contributed by atoms with Crippen molar-refractivity contribution in [1.82, 2.24) is 14.6 Å². The van der Waals surface area contributed by atoms with Crippen molar-refractivity contribution in [3.63, 3.8) is 0 Å². The van der Waals surface area contributed by atoms with E-state index in [-0.39, 0.29) is 15.1 Å². The van der Waals surface area contributed by atoms with Crippen molar-refractivity contribution in [3.8, 4) is 0 Å². The van der Waals surface area contributed by atoms with Gasteiger partial charge in [-0.1, -0.05) is 11.3 Å². The summed E-state index contributed by atoms with van der Waals surface area (Å²) in [6, 6.07) is 0.441. The van der Waals surface area contributed by atoms with Gasteiger partial charge >= 0.3 is 4.87 Å². The first-order chi connectivity index (χ1) is 9.29. The fourth-order valence-corrected chi connectivity index (χ4v) is 5.08. The standard InChI is InChI=1S/C12H21N3O3S2/c1-8(2)15-6-4-10(5-7-15)14-20(17,18)11-9(3)13-12(16)19-11/h8,10,14H,4-7H2,1-3H3,(H,13,16). The van der Waals surface area contributed by atoms with Crippen molar-refractivity contribution >= 4 is 21.4 Å². The average Bonchev–Trinajstić information content (AvgIpc) is 2.69. The van der Waals surface area contributed by atoms with Crippen LogP contribution in [0.15, 0.2) is 9.00 Å². The molecular weight excluding hydrogens is 298 g/mol. The van der Waals surface area contributed by atoms with Gasteiger partial charge in [-0.25, -0.2) is 13.1 Å². The number of aromatic nitrogens is 1. The van der Waals surface area contributed by atoms with Gasteiger partial charge in [0.1, 0.15) is 0 Å². The van der Waals surface area contributed by atoms with E-state index in [1.807, 2.05) is 0 Å². The van der Waals surface area contributed by atoms with Crippen LogP contribution in [-0.4, -0.2) is 43.5 Å². The zero-order chi connectivity index (χ0) is 14.9. The van der Waals surface area contributed by atoms with Gasteiger partial charge < -0.3 is 9.88 Å². The Morgan fingerprint density at radius 2 is 1.95 bits per heavy atom. The fourth-order valence-electron chi connectivity index (χ4n) is 2.45. The largest absolute Gasteiger partial charge is 0.315 e. The molecule has 2 rings (SSSR count). The summed E-state index contributed by atoms with van der Waals surface area (Å²) < 4.78 is 27.4. The molecule has 0 amide bonds. The Bertz CT molecular complexity index is 610. The number of nitrogens with zero attached hydrogens (tertiary/aromatic N) is 1. The Morgan fingerprint density at radius 1 is 1.35 bits per heavy atom. The molecule has 0 spiro atoms. The van der Waals surface area contributed by atoms with Crippen LogP contribution >= 0.6 is 11.3 Å². The Morgan fingerprint density at radius 3 is 2.40 bits per heavy atom. The zero-order valence-corrected chi connectivity index (χ0v) is 13.6. The third kappa shape index (κ3) is 3.49. The van der Waals surface area contributed by atoms with Gasteiger partial charge in [-0.2, -0.15) is 0 Å². The first-order valence-electron chi connectivity index (χ1n) is 6.75. The minimum Gasteiger partial charge on any atom is -0.315 e. The van der Waals surface area contributed by atoms with Crippen LogP contribution in [0.4, 0.5) is 0 Å². The smallest absolute Gasteiger partial charge is 0.305 e. The van der Waals surface area contributed by atoms with Crippen molar-refractivity contribution in [2.24, 2.45) is 0 Å². The molecule has 8 heteroatoms. The second kappa shape index (κ2) is 5.97. The molecule has 0 bridgehead atoms. The van der Waals surface area contributed by atoms with Crippen molar-refractivity contribution in [1.29, 1.82) is 0 Å². The molecule has 1 saturated heterocycles. The highest BCUT2D eigenvalue weighted by Crippen LogP contribution is 2.19. The van der Waals surface area contributed by atoms with Crippen LogP contribution in [0.25, 0.3) is 0 Å². The second-order valence-electron chi connectivity index (χ2n) is 5.45. The van der Waals surface area contributed by atoms with Crippen LogP contribution in [0, 0.1) is 6.92 Å². The molecule has 0 radical (unpaired) electrons. The number of aryl methyl sites for hydroxylation is 1. The summed E-state index contributed by atoms with van der Waals surface area (Å²) in [6.07, 6.45) is 1.60. The predicted octanol–water partition coefficient (Wildman–Crippen LogP) is 0.896. The van der Waals surface area contributed by atoms with Gasteiger partial charge in [0.15, 0.2) is 4.21 Å². The van der Waals surface area contributed by atoms with Gasteiger partial charge in [0.2, 0.25) is 0 Å². The molecule has 0 saturated carbocycles. The van der Waals surface area contributed by atoms with Gasteiger partial charge in [-0.3, -0.25) is 4.79 Å². The second-order valence-corrected chi connectivity index (χ2v) is 8.34. The molecule has 20 heavy (non-hydrogen) atoms. The maximum Gasteiger partial charge on any atom is 0.305 e. The quantitative estimate of drug-likeness (QED) is 0.864. The normalized spacial score (nSPS) is 18.8. The lowest BCUT2D eigenvalue weighted by Gasteiger charge is -2.34. The van der Waals surface area contributed by atoms with Gasteiger partial charge in [-0.15, -0.1) is 0 Å². The summed E-state index contributed by atoms with van der Waals surface area (Å²) in [4.78, 5) is 15.7.